The van der Waals surface area contributed by atoms with Crippen molar-refractivity contribution in [2.45, 2.75) is 30.3 Å². The number of fused-ring (bicyclic) bond motifs is 1. The second-order valence-corrected chi connectivity index (χ2v) is 10.1. The van der Waals surface area contributed by atoms with Gasteiger partial charge in [-0.15, -0.1) is 0 Å². The van der Waals surface area contributed by atoms with E-state index in [1.165, 1.54) is 16.4 Å². The highest BCUT2D eigenvalue weighted by Gasteiger charge is 2.36. The zero-order chi connectivity index (χ0) is 24.1. The van der Waals surface area contributed by atoms with Crippen LogP contribution >= 0.6 is 11.6 Å². The summed E-state index contributed by atoms with van der Waals surface area (Å²) in [6.45, 7) is 0.207. The number of hydrogen-bond acceptors (Lipinski definition) is 5. The lowest BCUT2D eigenvalue weighted by Gasteiger charge is -2.37. The maximum absolute atomic E-state index is 13.6. The minimum Gasteiger partial charge on any atom is -0.497 e. The van der Waals surface area contributed by atoms with Crippen LogP contribution < -0.4 is 14.4 Å². The molecule has 0 saturated carbocycles. The van der Waals surface area contributed by atoms with Crippen molar-refractivity contribution in [1.29, 1.82) is 0 Å². The van der Waals surface area contributed by atoms with Crippen molar-refractivity contribution in [2.24, 2.45) is 0 Å². The molecular formula is C25H25ClN2O5S. The Balaban J connectivity index is 1.48. The number of hydrogen-bond donors (Lipinski definition) is 1. The van der Waals surface area contributed by atoms with Gasteiger partial charge in [0.15, 0.2) is 0 Å². The summed E-state index contributed by atoms with van der Waals surface area (Å²) < 4.78 is 39.1. The predicted molar refractivity (Wildman–Crippen MR) is 131 cm³/mol. The van der Waals surface area contributed by atoms with Crippen molar-refractivity contribution < 1.29 is 22.7 Å². The molecule has 0 aliphatic carbocycles. The Kier molecular flexibility index (Phi) is 7.29. The molecule has 0 fully saturated rings. The third-order valence-electron chi connectivity index (χ3n) is 5.68. The molecule has 1 atom stereocenters. The highest BCUT2D eigenvalue weighted by atomic mass is 35.5. The zero-order valence-corrected chi connectivity index (χ0v) is 20.2. The van der Waals surface area contributed by atoms with E-state index in [1.807, 2.05) is 24.3 Å². The highest BCUT2D eigenvalue weighted by molar-refractivity contribution is 7.92. The number of para-hydroxylation sites is 1. The Hall–Kier alpha value is -3.23. The van der Waals surface area contributed by atoms with Crippen LogP contribution in [-0.4, -0.2) is 34.3 Å². The van der Waals surface area contributed by atoms with Gasteiger partial charge >= 0.3 is 6.09 Å². The van der Waals surface area contributed by atoms with E-state index in [1.54, 1.807) is 43.5 Å². The normalized spacial score (nSPS) is 15.4. The molecule has 4 rings (SSSR count). The Bertz CT molecular complexity index is 1250. The average Bonchev–Trinajstić information content (AvgIpc) is 2.86. The molecular weight excluding hydrogens is 476 g/mol. The average molecular weight is 501 g/mol. The highest BCUT2D eigenvalue weighted by Crippen LogP contribution is 2.35. The van der Waals surface area contributed by atoms with Gasteiger partial charge in [0.05, 0.1) is 23.7 Å². The topological polar surface area (TPSA) is 84.9 Å². The number of carbonyl (C=O) groups excluding carboxylic acids is 1. The standard InChI is InChI=1S/C25H25ClN2O5S/c1-32-22-12-6-18(7-13-22)16-27-25(29)33-17-21-11-8-19-4-2-3-5-24(19)28(21)34(30,31)23-14-9-20(26)10-15-23/h2-7,9-10,12-15,21H,8,11,16-17H2,1H3,(H,27,29). The minimum atomic E-state index is -3.90. The summed E-state index contributed by atoms with van der Waals surface area (Å²) in [7, 11) is -2.31. The number of nitrogens with one attached hydrogen (secondary N) is 1. The van der Waals surface area contributed by atoms with Crippen molar-refractivity contribution >= 4 is 33.4 Å². The van der Waals surface area contributed by atoms with Gasteiger partial charge in [-0.2, -0.15) is 0 Å². The van der Waals surface area contributed by atoms with Gasteiger partial charge in [-0.3, -0.25) is 4.31 Å². The van der Waals surface area contributed by atoms with E-state index in [4.69, 9.17) is 21.1 Å². The number of amides is 1. The van der Waals surface area contributed by atoms with Crippen LogP contribution in [0.5, 0.6) is 5.75 Å². The lowest BCUT2D eigenvalue weighted by molar-refractivity contribution is 0.137. The fourth-order valence-corrected chi connectivity index (χ4v) is 5.74. The number of aryl methyl sites for hydroxylation is 1. The maximum atomic E-state index is 13.6. The molecule has 1 N–H and O–H groups in total. The van der Waals surface area contributed by atoms with Crippen LogP contribution in [0.3, 0.4) is 0 Å². The van der Waals surface area contributed by atoms with Crippen molar-refractivity contribution in [3.8, 4) is 5.75 Å². The number of carbonyl (C=O) groups is 1. The van der Waals surface area contributed by atoms with E-state index >= 15 is 0 Å². The number of benzene rings is 3. The first kappa shape index (κ1) is 23.9. The van der Waals surface area contributed by atoms with Gasteiger partial charge in [0.2, 0.25) is 0 Å². The van der Waals surface area contributed by atoms with E-state index < -0.39 is 22.2 Å². The summed E-state index contributed by atoms with van der Waals surface area (Å²) in [6.07, 6.45) is 0.596. The Morgan fingerprint density at radius 3 is 2.47 bits per heavy atom. The van der Waals surface area contributed by atoms with Gasteiger partial charge in [0, 0.05) is 11.6 Å². The van der Waals surface area contributed by atoms with Gasteiger partial charge < -0.3 is 14.8 Å². The SMILES string of the molecule is COc1ccc(CNC(=O)OCC2CCc3ccccc3N2S(=O)(=O)c2ccc(Cl)cc2)cc1. The lowest BCUT2D eigenvalue weighted by Crippen LogP contribution is -2.47. The number of sulfonamides is 1. The van der Waals surface area contributed by atoms with Gasteiger partial charge in [-0.25, -0.2) is 13.2 Å². The molecule has 7 nitrogen and oxygen atoms in total. The molecule has 178 valence electrons. The minimum absolute atomic E-state index is 0.0738. The third-order valence-corrected chi connectivity index (χ3v) is 7.81. The molecule has 1 aliphatic heterocycles. The molecule has 0 spiro atoms. The molecule has 0 saturated heterocycles. The number of ether oxygens (including phenoxy) is 2. The zero-order valence-electron chi connectivity index (χ0n) is 18.6. The third kappa shape index (κ3) is 5.29. The van der Waals surface area contributed by atoms with Gasteiger partial charge in [0.1, 0.15) is 12.4 Å². The van der Waals surface area contributed by atoms with E-state index in [0.717, 1.165) is 16.9 Å². The van der Waals surface area contributed by atoms with Gasteiger partial charge in [-0.05, 0) is 66.4 Å². The molecule has 9 heteroatoms. The summed E-state index contributed by atoms with van der Waals surface area (Å²) in [5.74, 6) is 0.728. The molecule has 0 aromatic heterocycles. The monoisotopic (exact) mass is 500 g/mol. The van der Waals surface area contributed by atoms with E-state index in [-0.39, 0.29) is 18.0 Å². The molecule has 3 aromatic carbocycles. The summed E-state index contributed by atoms with van der Waals surface area (Å²) in [5, 5.41) is 3.15. The molecule has 1 amide bonds. The van der Waals surface area contributed by atoms with Crippen molar-refractivity contribution in [3.63, 3.8) is 0 Å². The fourth-order valence-electron chi connectivity index (χ4n) is 3.91. The van der Waals surface area contributed by atoms with Crippen LogP contribution in [0.2, 0.25) is 5.02 Å². The predicted octanol–water partition coefficient (Wildman–Crippen LogP) is 4.79. The summed E-state index contributed by atoms with van der Waals surface area (Å²) in [4.78, 5) is 12.5. The van der Waals surface area contributed by atoms with Crippen LogP contribution in [0, 0.1) is 0 Å². The second kappa shape index (κ2) is 10.4. The Morgan fingerprint density at radius 2 is 1.76 bits per heavy atom. The molecule has 34 heavy (non-hydrogen) atoms. The van der Waals surface area contributed by atoms with Crippen LogP contribution in [0.15, 0.2) is 77.7 Å². The summed E-state index contributed by atoms with van der Waals surface area (Å²) in [5.41, 5.74) is 2.41. The Labute approximate surface area is 204 Å². The van der Waals surface area contributed by atoms with Crippen molar-refractivity contribution in [2.75, 3.05) is 18.0 Å². The number of methoxy groups -OCH3 is 1. The van der Waals surface area contributed by atoms with Crippen LogP contribution in [0.25, 0.3) is 0 Å². The van der Waals surface area contributed by atoms with Gasteiger partial charge in [-0.1, -0.05) is 41.9 Å². The number of alkyl carbamates (subject to hydrolysis) is 1. The van der Waals surface area contributed by atoms with Crippen LogP contribution in [-0.2, 0) is 27.7 Å². The molecule has 1 unspecified atom stereocenters. The van der Waals surface area contributed by atoms with Gasteiger partial charge in [0.25, 0.3) is 10.0 Å². The van der Waals surface area contributed by atoms with Crippen LogP contribution in [0.1, 0.15) is 17.5 Å². The van der Waals surface area contributed by atoms with E-state index in [9.17, 15) is 13.2 Å². The van der Waals surface area contributed by atoms with Crippen molar-refractivity contribution in [1.82, 2.24) is 5.32 Å². The molecule has 1 heterocycles. The van der Waals surface area contributed by atoms with E-state index in [2.05, 4.69) is 5.32 Å². The molecule has 0 radical (unpaired) electrons. The molecule has 1 aliphatic rings. The van der Waals surface area contributed by atoms with E-state index in [0.29, 0.717) is 23.6 Å². The number of rotatable bonds is 7. The molecule has 0 bridgehead atoms. The van der Waals surface area contributed by atoms with Crippen LogP contribution in [0.4, 0.5) is 10.5 Å². The number of halogens is 1. The first-order valence-corrected chi connectivity index (χ1v) is 12.6. The van der Waals surface area contributed by atoms with Crippen molar-refractivity contribution in [3.05, 3.63) is 88.9 Å². The Morgan fingerprint density at radius 1 is 1.06 bits per heavy atom. The fraction of sp³-hybridized carbons (Fsp3) is 0.240. The lowest BCUT2D eigenvalue weighted by atomic mass is 9.98. The number of anilines is 1. The smallest absolute Gasteiger partial charge is 0.407 e. The quantitative estimate of drug-likeness (QED) is 0.504. The summed E-state index contributed by atoms with van der Waals surface area (Å²) >= 11 is 5.95. The second-order valence-electron chi connectivity index (χ2n) is 7.88. The first-order chi connectivity index (χ1) is 16.4. The largest absolute Gasteiger partial charge is 0.497 e. The number of nitrogens with zero attached hydrogens (tertiary/aromatic N) is 1. The summed E-state index contributed by atoms with van der Waals surface area (Å²) in [6, 6.07) is 20.2. The maximum Gasteiger partial charge on any atom is 0.407 e. The molecule has 3 aromatic rings. The first-order valence-electron chi connectivity index (χ1n) is 10.8.